The molecule has 1 saturated heterocycles. The number of carboxylic acids is 2. The van der Waals surface area contributed by atoms with Gasteiger partial charge < -0.3 is 24.6 Å². The normalized spacial score (nSPS) is 17.2. The molecule has 0 saturated carbocycles. The smallest absolute Gasteiger partial charge is 0.335 e. The number of aryl methyl sites for hydroxylation is 1. The van der Waals surface area contributed by atoms with Crippen molar-refractivity contribution in [3.63, 3.8) is 0 Å². The molecule has 210 valence electrons. The summed E-state index contributed by atoms with van der Waals surface area (Å²) < 4.78 is 11.4. The van der Waals surface area contributed by atoms with Gasteiger partial charge in [0.05, 0.1) is 18.8 Å². The zero-order valence-electron chi connectivity index (χ0n) is 22.3. The van der Waals surface area contributed by atoms with E-state index in [0.717, 1.165) is 50.0 Å². The van der Waals surface area contributed by atoms with Gasteiger partial charge >= 0.3 is 11.9 Å². The first-order valence-electron chi connectivity index (χ1n) is 13.8. The Morgan fingerprint density at radius 1 is 1.08 bits per heavy atom. The summed E-state index contributed by atoms with van der Waals surface area (Å²) in [5, 5.41) is 18.3. The largest absolute Gasteiger partial charge is 0.493 e. The number of hydrogen-bond donors (Lipinski definition) is 2. The zero-order valence-corrected chi connectivity index (χ0v) is 22.3. The maximum absolute atomic E-state index is 12.0. The van der Waals surface area contributed by atoms with Crippen LogP contribution in [0, 0.1) is 0 Å². The number of hydrogen-bond acceptors (Lipinski definition) is 6. The third kappa shape index (κ3) is 8.28. The predicted molar refractivity (Wildman–Crippen MR) is 145 cm³/mol. The van der Waals surface area contributed by atoms with E-state index in [-0.39, 0.29) is 30.5 Å². The van der Waals surface area contributed by atoms with E-state index in [4.69, 9.17) is 14.6 Å². The van der Waals surface area contributed by atoms with Crippen molar-refractivity contribution >= 4 is 17.8 Å². The molecule has 0 radical (unpaired) electrons. The van der Waals surface area contributed by atoms with Crippen LogP contribution in [0.4, 0.5) is 0 Å². The van der Waals surface area contributed by atoms with Gasteiger partial charge in [-0.1, -0.05) is 24.3 Å². The van der Waals surface area contributed by atoms with Gasteiger partial charge in [0, 0.05) is 32.1 Å². The van der Waals surface area contributed by atoms with Gasteiger partial charge in [-0.25, -0.2) is 4.79 Å². The molecule has 1 heterocycles. The summed E-state index contributed by atoms with van der Waals surface area (Å²) in [5.41, 5.74) is 3.81. The summed E-state index contributed by atoms with van der Waals surface area (Å²) in [5.74, 6) is -0.804. The Morgan fingerprint density at radius 2 is 1.90 bits per heavy atom. The molecule has 1 atom stereocenters. The highest BCUT2D eigenvalue weighted by atomic mass is 16.5. The number of carboxylic acid groups (broad SMARTS) is 2. The first kappa shape index (κ1) is 28.6. The van der Waals surface area contributed by atoms with Crippen LogP contribution < -0.4 is 4.74 Å². The van der Waals surface area contributed by atoms with E-state index in [2.05, 4.69) is 11.0 Å². The SMILES string of the molecule is O=C(O)CCCCN(Cc1ccc(C(=O)O)cc1)C1CCc2cccc(OCCCN3CCOCC3=O)c2C1. The molecule has 0 aromatic heterocycles. The van der Waals surface area contributed by atoms with Gasteiger partial charge in [-0.05, 0) is 80.0 Å². The topological polar surface area (TPSA) is 117 Å². The molecule has 1 fully saturated rings. The molecule has 1 amide bonds. The molecule has 0 spiro atoms. The molecule has 0 bridgehead atoms. The average molecular weight is 539 g/mol. The van der Waals surface area contributed by atoms with E-state index in [1.54, 1.807) is 12.1 Å². The van der Waals surface area contributed by atoms with Crippen molar-refractivity contribution in [2.75, 3.05) is 39.5 Å². The molecule has 1 unspecified atom stereocenters. The van der Waals surface area contributed by atoms with Crippen LogP contribution in [-0.4, -0.2) is 83.4 Å². The number of unbranched alkanes of at least 4 members (excludes halogenated alkanes) is 1. The lowest BCUT2D eigenvalue weighted by Crippen LogP contribution is -2.42. The molecule has 2 aliphatic rings. The van der Waals surface area contributed by atoms with Crippen molar-refractivity contribution in [1.82, 2.24) is 9.80 Å². The highest BCUT2D eigenvalue weighted by Crippen LogP contribution is 2.32. The fourth-order valence-corrected chi connectivity index (χ4v) is 5.38. The van der Waals surface area contributed by atoms with Crippen molar-refractivity contribution in [3.05, 3.63) is 64.7 Å². The minimum Gasteiger partial charge on any atom is -0.493 e. The molecule has 2 N–H and O–H groups in total. The summed E-state index contributed by atoms with van der Waals surface area (Å²) in [4.78, 5) is 38.5. The molecule has 4 rings (SSSR count). The van der Waals surface area contributed by atoms with Gasteiger partial charge in [0.15, 0.2) is 0 Å². The number of fused-ring (bicyclic) bond motifs is 1. The third-order valence-corrected chi connectivity index (χ3v) is 7.52. The lowest BCUT2D eigenvalue weighted by molar-refractivity contribution is -0.142. The monoisotopic (exact) mass is 538 g/mol. The van der Waals surface area contributed by atoms with Crippen LogP contribution in [0.25, 0.3) is 0 Å². The first-order chi connectivity index (χ1) is 18.9. The van der Waals surface area contributed by atoms with Crippen LogP contribution in [-0.2, 0) is 33.7 Å². The molecule has 39 heavy (non-hydrogen) atoms. The van der Waals surface area contributed by atoms with Crippen LogP contribution in [0.3, 0.4) is 0 Å². The molecule has 2 aromatic carbocycles. The second-order valence-electron chi connectivity index (χ2n) is 10.2. The number of benzene rings is 2. The fourth-order valence-electron chi connectivity index (χ4n) is 5.38. The second-order valence-corrected chi connectivity index (χ2v) is 10.2. The highest BCUT2D eigenvalue weighted by molar-refractivity contribution is 5.87. The quantitative estimate of drug-likeness (QED) is 0.350. The van der Waals surface area contributed by atoms with Crippen LogP contribution >= 0.6 is 0 Å². The van der Waals surface area contributed by atoms with Crippen LogP contribution in [0.5, 0.6) is 5.75 Å². The number of nitrogens with zero attached hydrogens (tertiary/aromatic N) is 2. The standard InChI is InChI=1S/C30H38N2O7/c33-28-21-38-18-16-31(28)15-4-17-39-27-6-3-5-23-12-13-25(19-26(23)27)32(14-2-1-7-29(34)35)20-22-8-10-24(11-9-22)30(36)37/h3,5-6,8-11,25H,1-2,4,7,12-21H2,(H,34,35)(H,36,37). The summed E-state index contributed by atoms with van der Waals surface area (Å²) in [6.07, 6.45) is 5.06. The third-order valence-electron chi connectivity index (χ3n) is 7.52. The van der Waals surface area contributed by atoms with Crippen molar-refractivity contribution in [2.24, 2.45) is 0 Å². The first-order valence-corrected chi connectivity index (χ1v) is 13.8. The summed E-state index contributed by atoms with van der Waals surface area (Å²) in [6, 6.07) is 13.5. The summed E-state index contributed by atoms with van der Waals surface area (Å²) in [6.45, 7) is 3.99. The number of aliphatic carboxylic acids is 1. The van der Waals surface area contributed by atoms with E-state index in [0.29, 0.717) is 39.3 Å². The number of ether oxygens (including phenoxy) is 2. The zero-order chi connectivity index (χ0) is 27.6. The number of morpholine rings is 1. The van der Waals surface area contributed by atoms with Crippen molar-refractivity contribution in [3.8, 4) is 5.75 Å². The molecular weight excluding hydrogens is 500 g/mol. The molecule has 1 aliphatic heterocycles. The Labute approximate surface area is 229 Å². The molecular formula is C30H38N2O7. The molecule has 9 nitrogen and oxygen atoms in total. The maximum Gasteiger partial charge on any atom is 0.335 e. The van der Waals surface area contributed by atoms with Gasteiger partial charge in [0.2, 0.25) is 5.91 Å². The summed E-state index contributed by atoms with van der Waals surface area (Å²) in [7, 11) is 0. The lowest BCUT2D eigenvalue weighted by Gasteiger charge is -2.36. The van der Waals surface area contributed by atoms with Gasteiger partial charge in [0.25, 0.3) is 0 Å². The van der Waals surface area contributed by atoms with E-state index in [1.807, 2.05) is 29.2 Å². The van der Waals surface area contributed by atoms with Gasteiger partial charge in [-0.3, -0.25) is 14.5 Å². The van der Waals surface area contributed by atoms with Gasteiger partial charge in [0.1, 0.15) is 12.4 Å². The van der Waals surface area contributed by atoms with Gasteiger partial charge in [-0.2, -0.15) is 0 Å². The Bertz CT molecular complexity index is 1130. The Morgan fingerprint density at radius 3 is 2.64 bits per heavy atom. The molecule has 9 heteroatoms. The van der Waals surface area contributed by atoms with E-state index >= 15 is 0 Å². The molecule has 1 aliphatic carbocycles. The van der Waals surface area contributed by atoms with Crippen molar-refractivity contribution in [2.45, 2.75) is 57.5 Å². The number of amides is 1. The number of rotatable bonds is 14. The van der Waals surface area contributed by atoms with Crippen molar-refractivity contribution < 1.29 is 34.1 Å². The fraction of sp³-hybridized carbons (Fsp3) is 0.500. The van der Waals surface area contributed by atoms with Crippen LogP contribution in [0.2, 0.25) is 0 Å². The predicted octanol–water partition coefficient (Wildman–Crippen LogP) is 3.63. The van der Waals surface area contributed by atoms with E-state index < -0.39 is 11.9 Å². The van der Waals surface area contributed by atoms with Crippen LogP contribution in [0.1, 0.15) is 59.2 Å². The highest BCUT2D eigenvalue weighted by Gasteiger charge is 2.27. The number of carbonyl (C=O) groups excluding carboxylic acids is 1. The minimum atomic E-state index is -0.944. The second kappa shape index (κ2) is 14.1. The number of aromatic carboxylic acids is 1. The molecule has 2 aromatic rings. The van der Waals surface area contributed by atoms with E-state index in [1.165, 1.54) is 11.1 Å². The Hall–Kier alpha value is -3.43. The number of carbonyl (C=O) groups is 3. The maximum atomic E-state index is 12.0. The van der Waals surface area contributed by atoms with Crippen molar-refractivity contribution in [1.29, 1.82) is 0 Å². The minimum absolute atomic E-state index is 0.0298. The Balaban J connectivity index is 1.40. The average Bonchev–Trinajstić information content (AvgIpc) is 2.93. The van der Waals surface area contributed by atoms with Gasteiger partial charge in [-0.15, -0.1) is 0 Å². The lowest BCUT2D eigenvalue weighted by atomic mass is 9.86. The Kier molecular flexibility index (Phi) is 10.3. The summed E-state index contributed by atoms with van der Waals surface area (Å²) >= 11 is 0. The van der Waals surface area contributed by atoms with E-state index in [9.17, 15) is 19.5 Å². The van der Waals surface area contributed by atoms with Crippen LogP contribution in [0.15, 0.2) is 42.5 Å².